The van der Waals surface area contributed by atoms with Gasteiger partial charge in [0.1, 0.15) is 0 Å². The van der Waals surface area contributed by atoms with Gasteiger partial charge in [-0.25, -0.2) is 0 Å². The summed E-state index contributed by atoms with van der Waals surface area (Å²) in [6, 6.07) is 0. The highest BCUT2D eigenvalue weighted by Crippen LogP contribution is 1.96. The average molecular weight is 229 g/mol. The minimum Gasteiger partial charge on any atom is -0.379 e. The quantitative estimate of drug-likeness (QED) is 0.586. The van der Waals surface area contributed by atoms with Gasteiger partial charge in [0.2, 0.25) is 0 Å². The molecule has 2 aliphatic heterocycles. The van der Waals surface area contributed by atoms with Gasteiger partial charge in [-0.2, -0.15) is 0 Å². The fraction of sp³-hybridized carbons (Fsp3) is 1.00. The molecule has 0 aliphatic carbocycles. The van der Waals surface area contributed by atoms with Crippen LogP contribution in [0.25, 0.3) is 0 Å². The first-order valence-corrected chi connectivity index (χ1v) is 6.28. The molecule has 0 aromatic rings. The van der Waals surface area contributed by atoms with E-state index in [2.05, 4.69) is 15.5 Å². The van der Waals surface area contributed by atoms with Gasteiger partial charge in [-0.3, -0.25) is 4.90 Å². The molecule has 2 aliphatic rings. The SMILES string of the molecule is C1COC(CNCCN2CCOCC2)CN1. The number of nitrogens with one attached hydrogen (secondary N) is 2. The van der Waals surface area contributed by atoms with E-state index in [0.29, 0.717) is 6.10 Å². The van der Waals surface area contributed by atoms with Crippen LogP contribution in [0, 0.1) is 0 Å². The Hall–Kier alpha value is -0.200. The molecule has 5 heteroatoms. The maximum Gasteiger partial charge on any atom is 0.0824 e. The lowest BCUT2D eigenvalue weighted by Crippen LogP contribution is -2.46. The first-order valence-electron chi connectivity index (χ1n) is 6.28. The number of hydrogen-bond acceptors (Lipinski definition) is 5. The number of nitrogens with zero attached hydrogens (tertiary/aromatic N) is 1. The molecule has 0 radical (unpaired) electrons. The summed E-state index contributed by atoms with van der Waals surface area (Å²) < 4.78 is 10.9. The molecule has 0 saturated carbocycles. The highest BCUT2D eigenvalue weighted by atomic mass is 16.5. The fourth-order valence-corrected chi connectivity index (χ4v) is 2.08. The highest BCUT2D eigenvalue weighted by Gasteiger charge is 2.13. The first-order chi connectivity index (χ1) is 7.95. The van der Waals surface area contributed by atoms with Crippen LogP contribution < -0.4 is 10.6 Å². The van der Waals surface area contributed by atoms with Crippen molar-refractivity contribution in [3.8, 4) is 0 Å². The zero-order chi connectivity index (χ0) is 11.1. The lowest BCUT2D eigenvalue weighted by atomic mass is 10.3. The molecule has 0 spiro atoms. The zero-order valence-corrected chi connectivity index (χ0v) is 9.91. The molecule has 2 heterocycles. The maximum absolute atomic E-state index is 5.61. The number of morpholine rings is 2. The summed E-state index contributed by atoms with van der Waals surface area (Å²) >= 11 is 0. The Balaban J connectivity index is 1.47. The largest absolute Gasteiger partial charge is 0.379 e. The third-order valence-corrected chi connectivity index (χ3v) is 3.08. The van der Waals surface area contributed by atoms with E-state index in [4.69, 9.17) is 9.47 Å². The van der Waals surface area contributed by atoms with Crippen LogP contribution in [0.5, 0.6) is 0 Å². The Kier molecular flexibility index (Phi) is 5.51. The topological polar surface area (TPSA) is 45.8 Å². The van der Waals surface area contributed by atoms with Crippen molar-refractivity contribution in [1.82, 2.24) is 15.5 Å². The normalized spacial score (nSPS) is 28.1. The molecule has 1 unspecified atom stereocenters. The van der Waals surface area contributed by atoms with Crippen LogP contribution in [0.15, 0.2) is 0 Å². The smallest absolute Gasteiger partial charge is 0.0824 e. The number of rotatable bonds is 5. The van der Waals surface area contributed by atoms with E-state index in [1.807, 2.05) is 0 Å². The van der Waals surface area contributed by atoms with Crippen LogP contribution in [0.2, 0.25) is 0 Å². The van der Waals surface area contributed by atoms with Crippen LogP contribution in [0.1, 0.15) is 0 Å². The Bertz CT molecular complexity index is 160. The van der Waals surface area contributed by atoms with Gasteiger partial charge in [0, 0.05) is 45.8 Å². The Morgan fingerprint density at radius 3 is 2.88 bits per heavy atom. The number of ether oxygens (including phenoxy) is 2. The third kappa shape index (κ3) is 4.35. The van der Waals surface area contributed by atoms with Crippen molar-refractivity contribution in [3.05, 3.63) is 0 Å². The van der Waals surface area contributed by atoms with E-state index in [1.165, 1.54) is 0 Å². The van der Waals surface area contributed by atoms with E-state index in [9.17, 15) is 0 Å². The molecule has 0 aromatic heterocycles. The summed E-state index contributed by atoms with van der Waals surface area (Å²) in [4.78, 5) is 2.44. The molecule has 5 nitrogen and oxygen atoms in total. The van der Waals surface area contributed by atoms with Gasteiger partial charge < -0.3 is 20.1 Å². The van der Waals surface area contributed by atoms with Crippen molar-refractivity contribution < 1.29 is 9.47 Å². The summed E-state index contributed by atoms with van der Waals surface area (Å²) in [6.45, 7) is 9.84. The maximum atomic E-state index is 5.61. The van der Waals surface area contributed by atoms with Gasteiger partial charge in [-0.1, -0.05) is 0 Å². The molecule has 2 N–H and O–H groups in total. The van der Waals surface area contributed by atoms with Crippen molar-refractivity contribution >= 4 is 0 Å². The lowest BCUT2D eigenvalue weighted by molar-refractivity contribution is 0.0254. The van der Waals surface area contributed by atoms with Crippen molar-refractivity contribution in [2.45, 2.75) is 6.10 Å². The highest BCUT2D eigenvalue weighted by molar-refractivity contribution is 4.70. The average Bonchev–Trinajstić information content (AvgIpc) is 2.37. The summed E-state index contributed by atoms with van der Waals surface area (Å²) in [5.41, 5.74) is 0. The molecule has 2 fully saturated rings. The predicted molar refractivity (Wildman–Crippen MR) is 62.7 cm³/mol. The molecular weight excluding hydrogens is 206 g/mol. The minimum absolute atomic E-state index is 0.346. The van der Waals surface area contributed by atoms with Crippen LogP contribution in [-0.2, 0) is 9.47 Å². The summed E-state index contributed by atoms with van der Waals surface area (Å²) in [6.07, 6.45) is 0.346. The molecule has 0 aromatic carbocycles. The summed E-state index contributed by atoms with van der Waals surface area (Å²) in [5.74, 6) is 0. The molecule has 2 saturated heterocycles. The Morgan fingerprint density at radius 2 is 2.12 bits per heavy atom. The van der Waals surface area contributed by atoms with Gasteiger partial charge in [-0.15, -0.1) is 0 Å². The first kappa shape index (κ1) is 12.3. The second kappa shape index (κ2) is 7.19. The van der Waals surface area contributed by atoms with Crippen LogP contribution >= 0.6 is 0 Å². The number of hydrogen-bond donors (Lipinski definition) is 2. The van der Waals surface area contributed by atoms with E-state index >= 15 is 0 Å². The van der Waals surface area contributed by atoms with Gasteiger partial charge in [-0.05, 0) is 0 Å². The molecule has 16 heavy (non-hydrogen) atoms. The van der Waals surface area contributed by atoms with Gasteiger partial charge >= 0.3 is 0 Å². The molecule has 0 bridgehead atoms. The standard InChI is InChI=1S/C11H23N3O2/c1(3-14-4-7-15-8-5-14)12-9-11-10-13-2-6-16-11/h11-13H,1-10H2. The monoisotopic (exact) mass is 229 g/mol. The Morgan fingerprint density at radius 1 is 1.25 bits per heavy atom. The van der Waals surface area contributed by atoms with Crippen molar-refractivity contribution in [2.24, 2.45) is 0 Å². The molecule has 94 valence electrons. The second-order valence-electron chi connectivity index (χ2n) is 4.36. The molecule has 2 rings (SSSR count). The molecule has 1 atom stereocenters. The van der Waals surface area contributed by atoms with E-state index in [1.54, 1.807) is 0 Å². The van der Waals surface area contributed by atoms with E-state index < -0.39 is 0 Å². The second-order valence-corrected chi connectivity index (χ2v) is 4.36. The molecular formula is C11H23N3O2. The van der Waals surface area contributed by atoms with Crippen molar-refractivity contribution in [2.75, 3.05) is 65.6 Å². The van der Waals surface area contributed by atoms with Crippen molar-refractivity contribution in [3.63, 3.8) is 0 Å². The Labute approximate surface area is 97.5 Å². The third-order valence-electron chi connectivity index (χ3n) is 3.08. The zero-order valence-electron chi connectivity index (χ0n) is 9.91. The van der Waals surface area contributed by atoms with Gasteiger partial charge in [0.25, 0.3) is 0 Å². The van der Waals surface area contributed by atoms with Crippen LogP contribution in [0.4, 0.5) is 0 Å². The van der Waals surface area contributed by atoms with Crippen LogP contribution in [-0.4, -0.2) is 76.6 Å². The molecule has 0 amide bonds. The van der Waals surface area contributed by atoms with Crippen LogP contribution in [0.3, 0.4) is 0 Å². The summed E-state index contributed by atoms with van der Waals surface area (Å²) in [5, 5.41) is 6.79. The predicted octanol–water partition coefficient (Wildman–Crippen LogP) is -1.10. The lowest BCUT2D eigenvalue weighted by Gasteiger charge is -2.27. The van der Waals surface area contributed by atoms with E-state index in [-0.39, 0.29) is 0 Å². The minimum atomic E-state index is 0.346. The summed E-state index contributed by atoms with van der Waals surface area (Å²) in [7, 11) is 0. The van der Waals surface area contributed by atoms with E-state index in [0.717, 1.165) is 65.6 Å². The fourth-order valence-electron chi connectivity index (χ4n) is 2.08. The van der Waals surface area contributed by atoms with Crippen molar-refractivity contribution in [1.29, 1.82) is 0 Å². The van der Waals surface area contributed by atoms with Gasteiger partial charge in [0.05, 0.1) is 25.9 Å². The van der Waals surface area contributed by atoms with Gasteiger partial charge in [0.15, 0.2) is 0 Å².